The molecule has 34 heavy (non-hydrogen) atoms. The van der Waals surface area contributed by atoms with Gasteiger partial charge in [-0.1, -0.05) is 30.3 Å². The maximum atomic E-state index is 12.8. The molecule has 0 radical (unpaired) electrons. The molecule has 1 unspecified atom stereocenters. The van der Waals surface area contributed by atoms with Crippen LogP contribution in [0.25, 0.3) is 11.2 Å². The number of alkyl carbamates (subject to hydrolysis) is 1. The van der Waals surface area contributed by atoms with Crippen molar-refractivity contribution in [3.63, 3.8) is 0 Å². The van der Waals surface area contributed by atoms with Crippen LogP contribution in [0.4, 0.5) is 10.5 Å². The number of ether oxygens (including phenoxy) is 2. The minimum atomic E-state index is -0.985. The third kappa shape index (κ3) is 6.50. The van der Waals surface area contributed by atoms with Gasteiger partial charge in [0.2, 0.25) is 0 Å². The summed E-state index contributed by atoms with van der Waals surface area (Å²) in [6, 6.07) is 9.55. The maximum Gasteiger partial charge on any atom is 0.408 e. The van der Waals surface area contributed by atoms with Crippen LogP contribution in [0.15, 0.2) is 42.6 Å². The molecular weight excluding hydrogens is 442 g/mol. The highest BCUT2D eigenvalue weighted by atomic mass is 16.6. The summed E-state index contributed by atoms with van der Waals surface area (Å²) in [5.41, 5.74) is 0.764. The third-order valence-electron chi connectivity index (χ3n) is 4.85. The van der Waals surface area contributed by atoms with E-state index in [-0.39, 0.29) is 25.1 Å². The molecule has 11 heteroatoms. The van der Waals surface area contributed by atoms with Gasteiger partial charge >= 0.3 is 12.1 Å². The molecular formula is C23H27N5O6. The number of pyridine rings is 1. The van der Waals surface area contributed by atoms with Gasteiger partial charge in [-0.25, -0.2) is 19.6 Å². The van der Waals surface area contributed by atoms with Crippen molar-refractivity contribution in [1.29, 1.82) is 0 Å². The average Bonchev–Trinajstić information content (AvgIpc) is 3.09. The Balaban J connectivity index is 1.74. The lowest BCUT2D eigenvalue weighted by molar-refractivity contribution is -0.385. The molecule has 0 aliphatic carbocycles. The number of hydrogen-bond acceptors (Lipinski definition) is 8. The fourth-order valence-electron chi connectivity index (χ4n) is 3.24. The van der Waals surface area contributed by atoms with Crippen LogP contribution in [0.1, 0.15) is 38.6 Å². The van der Waals surface area contributed by atoms with Gasteiger partial charge in [0.15, 0.2) is 5.65 Å². The Morgan fingerprint density at radius 1 is 1.24 bits per heavy atom. The summed E-state index contributed by atoms with van der Waals surface area (Å²) in [6.45, 7) is 5.23. The second-order valence-corrected chi connectivity index (χ2v) is 8.71. The summed E-state index contributed by atoms with van der Waals surface area (Å²) in [5.74, 6) is -0.0583. The number of nitrogens with one attached hydrogen (secondary N) is 1. The smallest absolute Gasteiger partial charge is 0.408 e. The van der Waals surface area contributed by atoms with Gasteiger partial charge in [0.05, 0.1) is 4.92 Å². The number of carbonyl (C=O) groups is 2. The Morgan fingerprint density at radius 3 is 2.59 bits per heavy atom. The molecule has 180 valence electrons. The Kier molecular flexibility index (Phi) is 7.44. The van der Waals surface area contributed by atoms with E-state index in [1.807, 2.05) is 30.3 Å². The van der Waals surface area contributed by atoms with Crippen molar-refractivity contribution in [2.75, 3.05) is 0 Å². The lowest BCUT2D eigenvalue weighted by Gasteiger charge is -2.23. The molecule has 3 rings (SSSR count). The highest BCUT2D eigenvalue weighted by molar-refractivity contribution is 5.81. The molecule has 0 bridgehead atoms. The minimum absolute atomic E-state index is 0.0616. The number of fused-ring (bicyclic) bond motifs is 1. The predicted molar refractivity (Wildman–Crippen MR) is 123 cm³/mol. The van der Waals surface area contributed by atoms with Crippen LogP contribution >= 0.6 is 0 Å². The van der Waals surface area contributed by atoms with Crippen molar-refractivity contribution < 1.29 is 24.0 Å². The first-order chi connectivity index (χ1) is 16.0. The van der Waals surface area contributed by atoms with Gasteiger partial charge in [-0.15, -0.1) is 0 Å². The number of rotatable bonds is 8. The van der Waals surface area contributed by atoms with Crippen molar-refractivity contribution in [3.05, 3.63) is 64.1 Å². The van der Waals surface area contributed by atoms with E-state index in [1.165, 1.54) is 12.3 Å². The van der Waals surface area contributed by atoms with E-state index in [1.54, 1.807) is 32.4 Å². The number of imidazole rings is 1. The van der Waals surface area contributed by atoms with E-state index in [9.17, 15) is 19.7 Å². The predicted octanol–water partition coefficient (Wildman–Crippen LogP) is 3.45. The number of aryl methyl sites for hydroxylation is 2. The first-order valence-corrected chi connectivity index (χ1v) is 10.7. The number of nitro groups is 1. The van der Waals surface area contributed by atoms with Crippen molar-refractivity contribution in [2.24, 2.45) is 7.05 Å². The monoisotopic (exact) mass is 469 g/mol. The number of nitrogens with zero attached hydrogens (tertiary/aromatic N) is 4. The van der Waals surface area contributed by atoms with Gasteiger partial charge < -0.3 is 19.4 Å². The zero-order chi connectivity index (χ0) is 24.9. The molecule has 0 aliphatic rings. The number of esters is 1. The zero-order valence-electron chi connectivity index (χ0n) is 19.5. The quantitative estimate of drug-likeness (QED) is 0.301. The van der Waals surface area contributed by atoms with Gasteiger partial charge in [-0.05, 0) is 32.8 Å². The average molecular weight is 469 g/mol. The van der Waals surface area contributed by atoms with Crippen LogP contribution in [0.2, 0.25) is 0 Å². The van der Waals surface area contributed by atoms with Crippen molar-refractivity contribution >= 4 is 28.9 Å². The number of aromatic nitrogens is 3. The summed E-state index contributed by atoms with van der Waals surface area (Å²) >= 11 is 0. The first kappa shape index (κ1) is 24.6. The van der Waals surface area contributed by atoms with Crippen LogP contribution in [0.3, 0.4) is 0 Å². The molecule has 0 fully saturated rings. The highest BCUT2D eigenvalue weighted by Gasteiger charge is 2.26. The van der Waals surface area contributed by atoms with E-state index < -0.39 is 28.6 Å². The van der Waals surface area contributed by atoms with Crippen LogP contribution in [-0.4, -0.2) is 43.2 Å². The second kappa shape index (κ2) is 10.3. The molecule has 11 nitrogen and oxygen atoms in total. The lowest BCUT2D eigenvalue weighted by Crippen LogP contribution is -2.44. The molecule has 2 heterocycles. The topological polar surface area (TPSA) is 138 Å². The fraction of sp³-hybridized carbons (Fsp3) is 0.391. The Hall–Kier alpha value is -4.02. The van der Waals surface area contributed by atoms with Crippen molar-refractivity contribution in [2.45, 2.75) is 51.9 Å². The van der Waals surface area contributed by atoms with Gasteiger partial charge in [0.1, 0.15) is 35.8 Å². The van der Waals surface area contributed by atoms with E-state index >= 15 is 0 Å². The summed E-state index contributed by atoms with van der Waals surface area (Å²) in [4.78, 5) is 44.2. The van der Waals surface area contributed by atoms with Gasteiger partial charge in [-0.2, -0.15) is 0 Å². The van der Waals surface area contributed by atoms with Gasteiger partial charge in [0, 0.05) is 19.5 Å². The normalized spacial score (nSPS) is 12.2. The fourth-order valence-corrected chi connectivity index (χ4v) is 3.24. The zero-order valence-corrected chi connectivity index (χ0v) is 19.5. The van der Waals surface area contributed by atoms with Crippen LogP contribution in [-0.2, 0) is 34.3 Å². The largest absolute Gasteiger partial charge is 0.459 e. The molecule has 3 aromatic rings. The standard InChI is InChI=1S/C23H27N5O6/c1-23(2,3)34-22(30)26-17(21(29)33-14-15-8-6-5-7-9-15)10-11-19-25-18-12-16(28(31)32)13-24-20(18)27(19)4/h5-9,12-13,17H,10-11,14H2,1-4H3,(H,26,30). The maximum absolute atomic E-state index is 12.8. The summed E-state index contributed by atoms with van der Waals surface area (Å²) in [7, 11) is 1.73. The van der Waals surface area contributed by atoms with Crippen LogP contribution in [0.5, 0.6) is 0 Å². The first-order valence-electron chi connectivity index (χ1n) is 10.7. The molecule has 1 atom stereocenters. The van der Waals surface area contributed by atoms with Gasteiger partial charge in [-0.3, -0.25) is 10.1 Å². The molecule has 0 saturated carbocycles. The lowest BCUT2D eigenvalue weighted by atomic mass is 10.1. The van der Waals surface area contributed by atoms with E-state index in [2.05, 4.69) is 15.3 Å². The van der Waals surface area contributed by atoms with Crippen molar-refractivity contribution in [1.82, 2.24) is 19.9 Å². The van der Waals surface area contributed by atoms with E-state index in [4.69, 9.17) is 9.47 Å². The van der Waals surface area contributed by atoms with Gasteiger partial charge in [0.25, 0.3) is 5.69 Å². The summed E-state index contributed by atoms with van der Waals surface area (Å²) < 4.78 is 12.4. The molecule has 1 N–H and O–H groups in total. The number of carbonyl (C=O) groups excluding carboxylic acids is 2. The molecule has 1 aromatic carbocycles. The third-order valence-corrected chi connectivity index (χ3v) is 4.85. The molecule has 0 spiro atoms. The van der Waals surface area contributed by atoms with E-state index in [0.717, 1.165) is 5.56 Å². The number of amides is 1. The Bertz CT molecular complexity index is 1190. The van der Waals surface area contributed by atoms with E-state index in [0.29, 0.717) is 17.0 Å². The molecule has 0 saturated heterocycles. The van der Waals surface area contributed by atoms with Crippen molar-refractivity contribution in [3.8, 4) is 0 Å². The highest BCUT2D eigenvalue weighted by Crippen LogP contribution is 2.20. The molecule has 0 aliphatic heterocycles. The summed E-state index contributed by atoms with van der Waals surface area (Å²) in [5, 5.41) is 13.6. The summed E-state index contributed by atoms with van der Waals surface area (Å²) in [6.07, 6.45) is 0.881. The SMILES string of the molecule is Cn1c(CCC(NC(=O)OC(C)(C)C)C(=O)OCc2ccccc2)nc2cc([N+](=O)[O-])cnc21. The number of benzene rings is 1. The molecule has 2 aromatic heterocycles. The Morgan fingerprint density at radius 2 is 1.94 bits per heavy atom. The Labute approximate surface area is 196 Å². The minimum Gasteiger partial charge on any atom is -0.459 e. The number of hydrogen-bond donors (Lipinski definition) is 1. The van der Waals surface area contributed by atoms with Crippen LogP contribution in [0, 0.1) is 10.1 Å². The molecule has 1 amide bonds. The van der Waals surface area contributed by atoms with Crippen LogP contribution < -0.4 is 5.32 Å². The second-order valence-electron chi connectivity index (χ2n) is 8.71.